The average molecular weight is 219 g/mol. The molecule has 0 fully saturated rings. The van der Waals surface area contributed by atoms with Gasteiger partial charge in [-0.15, -0.1) is 0 Å². The number of nitrogens with zero attached hydrogens (tertiary/aromatic N) is 1. The number of carbonyl (C=O) groups excluding carboxylic acids is 1. The second kappa shape index (κ2) is 4.74. The summed E-state index contributed by atoms with van der Waals surface area (Å²) >= 11 is 0. The molecule has 0 aliphatic heterocycles. The van der Waals surface area contributed by atoms with E-state index in [0.717, 1.165) is 18.5 Å². The second-order valence-electron chi connectivity index (χ2n) is 4.14. The number of fused-ring (bicyclic) bond motifs is 1. The van der Waals surface area contributed by atoms with Crippen LogP contribution in [0.1, 0.15) is 37.4 Å². The van der Waals surface area contributed by atoms with E-state index in [9.17, 15) is 4.79 Å². The summed E-state index contributed by atoms with van der Waals surface area (Å²) in [6.45, 7) is 4.31. The molecule has 1 heterocycles. The van der Waals surface area contributed by atoms with Crippen molar-refractivity contribution in [3.05, 3.63) is 29.6 Å². The zero-order chi connectivity index (χ0) is 11.5. The Kier molecular flexibility index (Phi) is 3.34. The highest BCUT2D eigenvalue weighted by Gasteiger charge is 2.32. The lowest BCUT2D eigenvalue weighted by molar-refractivity contribution is -0.130. The summed E-state index contributed by atoms with van der Waals surface area (Å²) in [7, 11) is 0. The molecule has 3 nitrogen and oxygen atoms in total. The first-order chi connectivity index (χ1) is 7.74. The van der Waals surface area contributed by atoms with Gasteiger partial charge in [-0.1, -0.05) is 6.07 Å². The first kappa shape index (κ1) is 11.3. The van der Waals surface area contributed by atoms with Crippen molar-refractivity contribution < 1.29 is 9.53 Å². The molecule has 1 aliphatic carbocycles. The van der Waals surface area contributed by atoms with E-state index < -0.39 is 0 Å². The maximum Gasteiger partial charge on any atom is 0.170 e. The molecule has 2 unspecified atom stereocenters. The van der Waals surface area contributed by atoms with E-state index in [0.29, 0.717) is 6.61 Å². The Labute approximate surface area is 95.8 Å². The van der Waals surface area contributed by atoms with Crippen molar-refractivity contribution in [2.24, 2.45) is 0 Å². The number of ketones is 1. The topological polar surface area (TPSA) is 39.2 Å². The first-order valence-corrected chi connectivity index (χ1v) is 5.83. The third-order valence-electron chi connectivity index (χ3n) is 3.12. The number of aromatic nitrogens is 1. The number of rotatable bonds is 4. The monoisotopic (exact) mass is 219 g/mol. The molecule has 0 aromatic carbocycles. The molecule has 1 aromatic rings. The maximum absolute atomic E-state index is 12.1. The molecule has 0 saturated heterocycles. The van der Waals surface area contributed by atoms with Crippen molar-refractivity contribution in [2.75, 3.05) is 6.61 Å². The van der Waals surface area contributed by atoms with Crippen LogP contribution in [0.5, 0.6) is 0 Å². The fourth-order valence-electron chi connectivity index (χ4n) is 2.30. The minimum Gasteiger partial charge on any atom is -0.371 e. The van der Waals surface area contributed by atoms with E-state index in [2.05, 4.69) is 11.1 Å². The summed E-state index contributed by atoms with van der Waals surface area (Å²) in [5.41, 5.74) is 2.17. The second-order valence-corrected chi connectivity index (χ2v) is 4.14. The van der Waals surface area contributed by atoms with Crippen LogP contribution in [0, 0.1) is 0 Å². The van der Waals surface area contributed by atoms with Crippen LogP contribution >= 0.6 is 0 Å². The Morgan fingerprint density at radius 3 is 3.25 bits per heavy atom. The SMILES string of the molecule is CCOC(C)C(=O)C1CCc2cccnc21. The zero-order valence-electron chi connectivity index (χ0n) is 9.77. The van der Waals surface area contributed by atoms with Gasteiger partial charge in [0.25, 0.3) is 0 Å². The third kappa shape index (κ3) is 2.00. The van der Waals surface area contributed by atoms with Gasteiger partial charge >= 0.3 is 0 Å². The Balaban J connectivity index is 2.16. The molecule has 0 amide bonds. The molecule has 2 rings (SSSR count). The summed E-state index contributed by atoms with van der Waals surface area (Å²) < 4.78 is 5.35. The predicted molar refractivity (Wildman–Crippen MR) is 61.4 cm³/mol. The summed E-state index contributed by atoms with van der Waals surface area (Å²) in [4.78, 5) is 16.5. The lowest BCUT2D eigenvalue weighted by Gasteiger charge is -2.15. The van der Waals surface area contributed by atoms with E-state index in [1.807, 2.05) is 19.9 Å². The normalized spacial score (nSPS) is 20.5. The lowest BCUT2D eigenvalue weighted by Crippen LogP contribution is -2.26. The molecular formula is C13H17NO2. The van der Waals surface area contributed by atoms with E-state index in [-0.39, 0.29) is 17.8 Å². The van der Waals surface area contributed by atoms with E-state index in [4.69, 9.17) is 4.74 Å². The third-order valence-corrected chi connectivity index (χ3v) is 3.12. The van der Waals surface area contributed by atoms with Gasteiger partial charge in [0.1, 0.15) is 6.10 Å². The van der Waals surface area contributed by atoms with Crippen molar-refractivity contribution in [3.63, 3.8) is 0 Å². The van der Waals surface area contributed by atoms with Gasteiger partial charge < -0.3 is 4.74 Å². The van der Waals surface area contributed by atoms with Gasteiger partial charge in [0, 0.05) is 12.8 Å². The molecule has 3 heteroatoms. The predicted octanol–water partition coefficient (Wildman–Crippen LogP) is 2.11. The highest BCUT2D eigenvalue weighted by molar-refractivity contribution is 5.89. The number of Topliss-reactive ketones (excluding diaryl/α,β-unsaturated/α-hetero) is 1. The van der Waals surface area contributed by atoms with E-state index in [1.165, 1.54) is 5.56 Å². The molecule has 0 radical (unpaired) electrons. The van der Waals surface area contributed by atoms with Gasteiger partial charge in [-0.05, 0) is 38.3 Å². The summed E-state index contributed by atoms with van der Waals surface area (Å²) in [5, 5.41) is 0. The molecular weight excluding hydrogens is 202 g/mol. The Hall–Kier alpha value is -1.22. The number of carbonyl (C=O) groups is 1. The van der Waals surface area contributed by atoms with Crippen molar-refractivity contribution >= 4 is 5.78 Å². The van der Waals surface area contributed by atoms with Gasteiger partial charge in [0.05, 0.1) is 11.6 Å². The van der Waals surface area contributed by atoms with E-state index in [1.54, 1.807) is 6.20 Å². The maximum atomic E-state index is 12.1. The largest absolute Gasteiger partial charge is 0.371 e. The Morgan fingerprint density at radius 1 is 1.69 bits per heavy atom. The van der Waals surface area contributed by atoms with Crippen molar-refractivity contribution in [3.8, 4) is 0 Å². The molecule has 0 spiro atoms. The minimum atomic E-state index is -0.317. The summed E-state index contributed by atoms with van der Waals surface area (Å²) in [6.07, 6.45) is 3.28. The number of aryl methyl sites for hydroxylation is 1. The fourth-order valence-corrected chi connectivity index (χ4v) is 2.30. The summed E-state index contributed by atoms with van der Waals surface area (Å²) in [6, 6.07) is 3.98. The van der Waals surface area contributed by atoms with Crippen LogP contribution in [0.25, 0.3) is 0 Å². The lowest BCUT2D eigenvalue weighted by atomic mass is 9.98. The first-order valence-electron chi connectivity index (χ1n) is 5.83. The van der Waals surface area contributed by atoms with Gasteiger partial charge in [-0.2, -0.15) is 0 Å². The summed E-state index contributed by atoms with van der Waals surface area (Å²) in [5.74, 6) is 0.108. The Morgan fingerprint density at radius 2 is 2.50 bits per heavy atom. The van der Waals surface area contributed by atoms with Gasteiger partial charge in [-0.25, -0.2) is 0 Å². The molecule has 0 saturated carbocycles. The number of ether oxygens (including phenoxy) is 1. The number of hydrogen-bond acceptors (Lipinski definition) is 3. The molecule has 1 aromatic heterocycles. The van der Waals surface area contributed by atoms with Crippen LogP contribution in [-0.2, 0) is 16.0 Å². The highest BCUT2D eigenvalue weighted by Crippen LogP contribution is 2.32. The van der Waals surface area contributed by atoms with Gasteiger partial charge in [0.15, 0.2) is 5.78 Å². The van der Waals surface area contributed by atoms with Crippen LogP contribution < -0.4 is 0 Å². The smallest absolute Gasteiger partial charge is 0.170 e. The zero-order valence-corrected chi connectivity index (χ0v) is 9.77. The Bertz CT molecular complexity index is 389. The van der Waals surface area contributed by atoms with E-state index >= 15 is 0 Å². The van der Waals surface area contributed by atoms with Crippen LogP contribution in [0.3, 0.4) is 0 Å². The number of hydrogen-bond donors (Lipinski definition) is 0. The quantitative estimate of drug-likeness (QED) is 0.778. The van der Waals surface area contributed by atoms with Gasteiger partial charge in [-0.3, -0.25) is 9.78 Å². The fraction of sp³-hybridized carbons (Fsp3) is 0.538. The standard InChI is InChI=1S/C13H17NO2/c1-3-16-9(2)13(15)11-7-6-10-5-4-8-14-12(10)11/h4-5,8-9,11H,3,6-7H2,1-2H3. The molecule has 0 bridgehead atoms. The van der Waals surface area contributed by atoms with Crippen LogP contribution in [0.15, 0.2) is 18.3 Å². The average Bonchev–Trinajstić information content (AvgIpc) is 2.72. The molecule has 2 atom stereocenters. The minimum absolute atomic E-state index is 0.0576. The molecule has 0 N–H and O–H groups in total. The van der Waals surface area contributed by atoms with Gasteiger partial charge in [0.2, 0.25) is 0 Å². The van der Waals surface area contributed by atoms with Crippen LogP contribution in [0.2, 0.25) is 0 Å². The van der Waals surface area contributed by atoms with Crippen molar-refractivity contribution in [1.29, 1.82) is 0 Å². The van der Waals surface area contributed by atoms with Crippen LogP contribution in [-0.4, -0.2) is 23.5 Å². The number of pyridine rings is 1. The molecule has 86 valence electrons. The van der Waals surface area contributed by atoms with Crippen molar-refractivity contribution in [2.45, 2.75) is 38.7 Å². The molecule has 16 heavy (non-hydrogen) atoms. The highest BCUT2D eigenvalue weighted by atomic mass is 16.5. The van der Waals surface area contributed by atoms with Crippen LogP contribution in [0.4, 0.5) is 0 Å². The van der Waals surface area contributed by atoms with Crippen molar-refractivity contribution in [1.82, 2.24) is 4.98 Å². The molecule has 1 aliphatic rings.